The van der Waals surface area contributed by atoms with E-state index in [0.717, 1.165) is 16.7 Å². The van der Waals surface area contributed by atoms with Gasteiger partial charge < -0.3 is 4.74 Å². The first kappa shape index (κ1) is 20.7. The van der Waals surface area contributed by atoms with Crippen LogP contribution in [0.4, 0.5) is 0 Å². The van der Waals surface area contributed by atoms with Crippen molar-refractivity contribution < 1.29 is 19.1 Å². The summed E-state index contributed by atoms with van der Waals surface area (Å²) in [4.78, 5) is 38.4. The molecule has 0 aliphatic carbocycles. The van der Waals surface area contributed by atoms with Crippen LogP contribution in [0.15, 0.2) is 91.0 Å². The number of hydrogen-bond acceptors (Lipinski definition) is 4. The second-order valence-corrected chi connectivity index (χ2v) is 7.83. The largest absolute Gasteiger partial charge is 0.453 e. The Labute approximate surface area is 181 Å². The lowest BCUT2D eigenvalue weighted by Gasteiger charge is -2.18. The molecule has 0 aromatic heterocycles. The van der Waals surface area contributed by atoms with Crippen LogP contribution in [0.2, 0.25) is 0 Å². The van der Waals surface area contributed by atoms with Crippen molar-refractivity contribution in [2.75, 3.05) is 0 Å². The smallest absolute Gasteiger partial charge is 0.325 e. The van der Waals surface area contributed by atoms with Gasteiger partial charge in [0.15, 0.2) is 23.6 Å². The number of carbonyl (C=O) groups is 3. The van der Waals surface area contributed by atoms with Crippen LogP contribution in [0.1, 0.15) is 35.4 Å². The van der Waals surface area contributed by atoms with Crippen molar-refractivity contribution in [3.8, 4) is 0 Å². The van der Waals surface area contributed by atoms with Gasteiger partial charge in [0.2, 0.25) is 0 Å². The third kappa shape index (κ3) is 4.80. The summed E-state index contributed by atoms with van der Waals surface area (Å²) in [5.41, 5.74) is 3.01. The number of cyclic esters (lactones) is 1. The summed E-state index contributed by atoms with van der Waals surface area (Å²) >= 11 is 0. The molecule has 0 bridgehead atoms. The molecule has 1 heterocycles. The molecule has 3 aromatic carbocycles. The van der Waals surface area contributed by atoms with E-state index in [9.17, 15) is 14.4 Å². The summed E-state index contributed by atoms with van der Waals surface area (Å²) in [5, 5.41) is 0. The van der Waals surface area contributed by atoms with E-state index < -0.39 is 23.8 Å². The number of benzene rings is 3. The highest BCUT2D eigenvalue weighted by Crippen LogP contribution is 2.31. The van der Waals surface area contributed by atoms with E-state index in [-0.39, 0.29) is 18.1 Å². The lowest BCUT2D eigenvalue weighted by atomic mass is 9.83. The molecule has 4 rings (SSSR count). The Balaban J connectivity index is 1.48. The number of Topliss-reactive ketones (excluding diaryl/α,β-unsaturated/α-hetero) is 2. The van der Waals surface area contributed by atoms with Crippen molar-refractivity contribution >= 4 is 17.5 Å². The molecule has 0 amide bonds. The second kappa shape index (κ2) is 9.52. The quantitative estimate of drug-likeness (QED) is 0.403. The molecule has 2 unspecified atom stereocenters. The summed E-state index contributed by atoms with van der Waals surface area (Å²) in [6.45, 7) is 0. The Morgan fingerprint density at radius 3 is 1.84 bits per heavy atom. The van der Waals surface area contributed by atoms with E-state index >= 15 is 0 Å². The summed E-state index contributed by atoms with van der Waals surface area (Å²) < 4.78 is 5.31. The lowest BCUT2D eigenvalue weighted by molar-refractivity contribution is -0.147. The van der Waals surface area contributed by atoms with Crippen LogP contribution in [-0.4, -0.2) is 23.6 Å². The summed E-state index contributed by atoms with van der Waals surface area (Å²) in [6, 6.07) is 29.1. The van der Waals surface area contributed by atoms with E-state index in [1.54, 1.807) is 0 Å². The number of ether oxygens (including phenoxy) is 1. The van der Waals surface area contributed by atoms with E-state index in [2.05, 4.69) is 0 Å². The molecule has 1 aliphatic rings. The highest BCUT2D eigenvalue weighted by molar-refractivity contribution is 6.21. The zero-order valence-electron chi connectivity index (χ0n) is 17.1. The molecule has 4 nitrogen and oxygen atoms in total. The fraction of sp³-hybridized carbons (Fsp3) is 0.222. The Kier molecular flexibility index (Phi) is 6.37. The Morgan fingerprint density at radius 2 is 1.29 bits per heavy atom. The first-order chi connectivity index (χ1) is 15.1. The van der Waals surface area contributed by atoms with Gasteiger partial charge in [-0.3, -0.25) is 14.4 Å². The number of hydrogen-bond donors (Lipinski definition) is 0. The maximum Gasteiger partial charge on any atom is 0.325 e. The first-order valence-electron chi connectivity index (χ1n) is 10.5. The fourth-order valence-corrected chi connectivity index (χ4v) is 4.12. The van der Waals surface area contributed by atoms with Gasteiger partial charge in [-0.2, -0.15) is 0 Å². The molecule has 1 fully saturated rings. The summed E-state index contributed by atoms with van der Waals surface area (Å²) in [6.07, 6.45) is 0.222. The Bertz CT molecular complexity index is 1000. The molecule has 0 spiro atoms. The topological polar surface area (TPSA) is 60.4 Å². The molecule has 156 valence electrons. The first-order valence-corrected chi connectivity index (χ1v) is 10.5. The maximum atomic E-state index is 13.1. The van der Waals surface area contributed by atoms with E-state index in [1.807, 2.05) is 91.0 Å². The number of carbonyl (C=O) groups excluding carboxylic acids is 3. The molecule has 1 saturated heterocycles. The monoisotopic (exact) mass is 412 g/mol. The standard InChI is InChI=1S/C27H24O4/c28-23(18-22(20-12-6-2-7-13-20)21-14-8-3-9-15-21)25-26(29)24(31-27(25)30)17-16-19-10-4-1-5-11-19/h1-15,22,24-25H,16-18H2. The molecule has 2 atom stereocenters. The molecule has 3 aromatic rings. The fourth-order valence-electron chi connectivity index (χ4n) is 4.12. The molecule has 0 saturated carbocycles. The minimum absolute atomic E-state index is 0.0743. The van der Waals surface area contributed by atoms with Gasteiger partial charge >= 0.3 is 5.97 Å². The van der Waals surface area contributed by atoms with Gasteiger partial charge in [-0.15, -0.1) is 0 Å². The maximum absolute atomic E-state index is 13.1. The molecule has 0 N–H and O–H groups in total. The summed E-state index contributed by atoms with van der Waals surface area (Å²) in [5.74, 6) is -3.05. The summed E-state index contributed by atoms with van der Waals surface area (Å²) in [7, 11) is 0. The van der Waals surface area contributed by atoms with Crippen molar-refractivity contribution in [3.63, 3.8) is 0 Å². The van der Waals surface area contributed by atoms with E-state index in [0.29, 0.717) is 12.8 Å². The average molecular weight is 412 g/mol. The van der Waals surface area contributed by atoms with E-state index in [4.69, 9.17) is 4.74 Å². The number of aryl methyl sites for hydroxylation is 1. The van der Waals surface area contributed by atoms with Crippen molar-refractivity contribution in [3.05, 3.63) is 108 Å². The molecule has 1 aliphatic heterocycles. The van der Waals surface area contributed by atoms with Gasteiger partial charge in [0.25, 0.3) is 0 Å². The Hall–Kier alpha value is -3.53. The van der Waals surface area contributed by atoms with Gasteiger partial charge in [-0.1, -0.05) is 91.0 Å². The van der Waals surface area contributed by atoms with Gasteiger partial charge in [0, 0.05) is 12.3 Å². The zero-order chi connectivity index (χ0) is 21.6. The normalized spacial score (nSPS) is 18.2. The van der Waals surface area contributed by atoms with Gasteiger partial charge in [-0.05, 0) is 29.5 Å². The van der Waals surface area contributed by atoms with Crippen LogP contribution in [0.25, 0.3) is 0 Å². The minimum Gasteiger partial charge on any atom is -0.453 e. The van der Waals surface area contributed by atoms with Crippen molar-refractivity contribution in [1.82, 2.24) is 0 Å². The third-order valence-corrected chi connectivity index (χ3v) is 5.77. The predicted molar refractivity (Wildman–Crippen MR) is 117 cm³/mol. The number of rotatable bonds is 8. The number of esters is 1. The van der Waals surface area contributed by atoms with Crippen LogP contribution in [0, 0.1) is 5.92 Å². The van der Waals surface area contributed by atoms with E-state index in [1.165, 1.54) is 0 Å². The second-order valence-electron chi connectivity index (χ2n) is 7.83. The predicted octanol–water partition coefficient (Wildman–Crippen LogP) is 4.52. The van der Waals surface area contributed by atoms with Gasteiger partial charge in [-0.25, -0.2) is 0 Å². The highest BCUT2D eigenvalue weighted by Gasteiger charge is 2.47. The lowest BCUT2D eigenvalue weighted by Crippen LogP contribution is -2.29. The molecule has 0 radical (unpaired) electrons. The van der Waals surface area contributed by atoms with Crippen molar-refractivity contribution in [1.29, 1.82) is 0 Å². The molecule has 4 heteroatoms. The van der Waals surface area contributed by atoms with Gasteiger partial charge in [0.05, 0.1) is 0 Å². The molecular weight excluding hydrogens is 388 g/mol. The third-order valence-electron chi connectivity index (χ3n) is 5.77. The highest BCUT2D eigenvalue weighted by atomic mass is 16.6. The van der Waals surface area contributed by atoms with Crippen LogP contribution in [0.5, 0.6) is 0 Å². The number of ketones is 2. The van der Waals surface area contributed by atoms with Crippen molar-refractivity contribution in [2.24, 2.45) is 5.92 Å². The zero-order valence-corrected chi connectivity index (χ0v) is 17.1. The Morgan fingerprint density at radius 1 is 0.774 bits per heavy atom. The van der Waals surface area contributed by atoms with Crippen LogP contribution >= 0.6 is 0 Å². The average Bonchev–Trinajstić information content (AvgIpc) is 3.10. The molecule has 31 heavy (non-hydrogen) atoms. The van der Waals surface area contributed by atoms with Crippen LogP contribution < -0.4 is 0 Å². The molecular formula is C27H24O4. The van der Waals surface area contributed by atoms with Crippen LogP contribution in [0.3, 0.4) is 0 Å². The van der Waals surface area contributed by atoms with Crippen LogP contribution in [-0.2, 0) is 25.5 Å². The minimum atomic E-state index is -1.32. The van der Waals surface area contributed by atoms with Crippen molar-refractivity contribution in [2.45, 2.75) is 31.3 Å². The SMILES string of the molecule is O=C(CC(c1ccccc1)c1ccccc1)C1C(=O)OC(CCc2ccccc2)C1=O. The van der Waals surface area contributed by atoms with Gasteiger partial charge in [0.1, 0.15) is 0 Å².